The van der Waals surface area contributed by atoms with Crippen molar-refractivity contribution in [1.82, 2.24) is 15.0 Å². The van der Waals surface area contributed by atoms with Crippen LogP contribution in [0, 0.1) is 5.82 Å². The van der Waals surface area contributed by atoms with Crippen molar-refractivity contribution in [2.24, 2.45) is 0 Å². The molecule has 2 aromatic carbocycles. The quantitative estimate of drug-likeness (QED) is 0.593. The van der Waals surface area contributed by atoms with E-state index >= 15 is 0 Å². The molecule has 146 valence electrons. The number of nitrogens with one attached hydrogen (secondary N) is 2. The van der Waals surface area contributed by atoms with Crippen LogP contribution in [-0.4, -0.2) is 28.0 Å². The lowest BCUT2D eigenvalue weighted by molar-refractivity contribution is 0.628. The van der Waals surface area contributed by atoms with Gasteiger partial charge in [0.1, 0.15) is 5.82 Å². The second-order valence-electron chi connectivity index (χ2n) is 6.24. The molecule has 2 heterocycles. The van der Waals surface area contributed by atoms with Gasteiger partial charge in [-0.1, -0.05) is 17.7 Å². The number of halogens is 3. The van der Waals surface area contributed by atoms with Gasteiger partial charge in [0, 0.05) is 29.5 Å². The molecule has 9 heteroatoms. The lowest BCUT2D eigenvalue weighted by Gasteiger charge is -2.17. The first-order valence-corrected chi connectivity index (χ1v) is 9.10. The first-order valence-electron chi connectivity index (χ1n) is 8.72. The maximum Gasteiger partial charge on any atom is 0.233 e. The number of hydrogen-bond acceptors (Lipinski definition) is 6. The van der Waals surface area contributed by atoms with Gasteiger partial charge in [0.2, 0.25) is 17.8 Å². The van der Waals surface area contributed by atoms with Gasteiger partial charge in [-0.15, -0.1) is 12.4 Å². The molecule has 6 nitrogen and oxygen atoms in total. The van der Waals surface area contributed by atoms with Crippen molar-refractivity contribution < 1.29 is 4.39 Å². The first kappa shape index (κ1) is 20.1. The molecular weight excluding hydrogens is 402 g/mol. The van der Waals surface area contributed by atoms with Gasteiger partial charge in [0.15, 0.2) is 0 Å². The fraction of sp³-hybridized carbons (Fsp3) is 0.211. The number of benzene rings is 2. The Bertz CT molecular complexity index is 932. The van der Waals surface area contributed by atoms with Gasteiger partial charge in [0.05, 0.1) is 0 Å². The molecule has 0 aliphatic carbocycles. The Balaban J connectivity index is 0.00000225. The van der Waals surface area contributed by atoms with Gasteiger partial charge in [-0.2, -0.15) is 15.0 Å². The van der Waals surface area contributed by atoms with Crippen LogP contribution in [0.15, 0.2) is 48.5 Å². The molecule has 0 spiro atoms. The largest absolute Gasteiger partial charge is 0.341 e. The summed E-state index contributed by atoms with van der Waals surface area (Å²) in [5.41, 5.74) is 1.48. The van der Waals surface area contributed by atoms with E-state index in [0.717, 1.165) is 31.6 Å². The number of rotatable bonds is 5. The zero-order valence-electron chi connectivity index (χ0n) is 14.9. The third-order valence-electron chi connectivity index (χ3n) is 4.19. The molecule has 3 aromatic rings. The fourth-order valence-corrected chi connectivity index (χ4v) is 3.08. The molecular formula is C19H19Cl2FN6. The van der Waals surface area contributed by atoms with Crippen molar-refractivity contribution in [1.29, 1.82) is 0 Å². The highest BCUT2D eigenvalue weighted by molar-refractivity contribution is 6.30. The maximum atomic E-state index is 13.1. The van der Waals surface area contributed by atoms with Gasteiger partial charge >= 0.3 is 0 Å². The van der Waals surface area contributed by atoms with E-state index in [-0.39, 0.29) is 18.2 Å². The van der Waals surface area contributed by atoms with Crippen LogP contribution in [0.3, 0.4) is 0 Å². The minimum Gasteiger partial charge on any atom is -0.341 e. The lowest BCUT2D eigenvalue weighted by Crippen LogP contribution is -2.21. The molecule has 1 fully saturated rings. The molecule has 1 aliphatic rings. The van der Waals surface area contributed by atoms with E-state index in [1.165, 1.54) is 12.1 Å². The van der Waals surface area contributed by atoms with Gasteiger partial charge in [-0.05, 0) is 55.3 Å². The Morgan fingerprint density at radius 2 is 1.50 bits per heavy atom. The Morgan fingerprint density at radius 1 is 0.857 bits per heavy atom. The molecule has 4 rings (SSSR count). The second kappa shape index (κ2) is 9.03. The molecule has 0 bridgehead atoms. The Labute approximate surface area is 173 Å². The SMILES string of the molecule is Cl.Fc1ccc(Nc2nc(Nc3cccc(Cl)c3)nc(N3CCCC3)n2)cc1. The molecule has 0 saturated carbocycles. The first-order chi connectivity index (χ1) is 13.2. The van der Waals surface area contributed by atoms with E-state index < -0.39 is 0 Å². The fourth-order valence-electron chi connectivity index (χ4n) is 2.89. The standard InChI is InChI=1S/C19H18ClFN6.ClH/c20-13-4-3-5-16(12-13)23-18-24-17(22-15-8-6-14(21)7-9-15)25-19(26-18)27-10-1-2-11-27;/h3-9,12H,1-2,10-11H2,(H2,22,23,24,25,26);1H. The summed E-state index contributed by atoms with van der Waals surface area (Å²) >= 11 is 6.05. The van der Waals surface area contributed by atoms with Crippen LogP contribution in [0.2, 0.25) is 5.02 Å². The Kier molecular flexibility index (Phi) is 6.49. The highest BCUT2D eigenvalue weighted by Gasteiger charge is 2.17. The summed E-state index contributed by atoms with van der Waals surface area (Å²) in [6, 6.07) is 13.4. The van der Waals surface area contributed by atoms with Gasteiger partial charge in [-0.25, -0.2) is 4.39 Å². The van der Waals surface area contributed by atoms with Crippen LogP contribution in [0.25, 0.3) is 0 Å². The minimum absolute atomic E-state index is 0. The molecule has 0 amide bonds. The predicted molar refractivity (Wildman–Crippen MR) is 113 cm³/mol. The number of hydrogen-bond donors (Lipinski definition) is 2. The van der Waals surface area contributed by atoms with Crippen molar-refractivity contribution in [3.63, 3.8) is 0 Å². The van der Waals surface area contributed by atoms with Gasteiger partial charge in [0.25, 0.3) is 0 Å². The predicted octanol–water partition coefficient (Wildman–Crippen LogP) is 5.17. The molecule has 0 radical (unpaired) electrons. The summed E-state index contributed by atoms with van der Waals surface area (Å²) < 4.78 is 13.1. The van der Waals surface area contributed by atoms with Crippen LogP contribution in [0.5, 0.6) is 0 Å². The topological polar surface area (TPSA) is 66.0 Å². The summed E-state index contributed by atoms with van der Waals surface area (Å²) in [6.45, 7) is 1.83. The number of anilines is 5. The monoisotopic (exact) mass is 420 g/mol. The molecule has 28 heavy (non-hydrogen) atoms. The van der Waals surface area contributed by atoms with E-state index in [0.29, 0.717) is 28.6 Å². The van der Waals surface area contributed by atoms with E-state index in [1.54, 1.807) is 24.3 Å². The highest BCUT2D eigenvalue weighted by Crippen LogP contribution is 2.23. The normalized spacial score (nSPS) is 13.1. The second-order valence-corrected chi connectivity index (χ2v) is 6.68. The Hall–Kier alpha value is -2.64. The summed E-state index contributed by atoms with van der Waals surface area (Å²) in [6.07, 6.45) is 2.23. The molecule has 0 atom stereocenters. The van der Waals surface area contributed by atoms with Crippen LogP contribution in [0.1, 0.15) is 12.8 Å². The van der Waals surface area contributed by atoms with Crippen molar-refractivity contribution in [2.75, 3.05) is 28.6 Å². The lowest BCUT2D eigenvalue weighted by atomic mass is 10.3. The van der Waals surface area contributed by atoms with Crippen LogP contribution in [-0.2, 0) is 0 Å². The van der Waals surface area contributed by atoms with Crippen molar-refractivity contribution in [2.45, 2.75) is 12.8 Å². The van der Waals surface area contributed by atoms with Crippen molar-refractivity contribution in [3.8, 4) is 0 Å². The maximum absolute atomic E-state index is 13.1. The zero-order valence-corrected chi connectivity index (χ0v) is 16.5. The van der Waals surface area contributed by atoms with E-state index in [4.69, 9.17) is 11.6 Å². The van der Waals surface area contributed by atoms with Crippen LogP contribution in [0.4, 0.5) is 33.6 Å². The number of aromatic nitrogens is 3. The molecule has 0 unspecified atom stereocenters. The smallest absolute Gasteiger partial charge is 0.233 e. The van der Waals surface area contributed by atoms with Crippen molar-refractivity contribution >= 4 is 53.2 Å². The molecule has 2 N–H and O–H groups in total. The van der Waals surface area contributed by atoms with Gasteiger partial charge < -0.3 is 15.5 Å². The number of nitrogens with zero attached hydrogens (tertiary/aromatic N) is 4. The van der Waals surface area contributed by atoms with Crippen LogP contribution < -0.4 is 15.5 Å². The molecule has 1 aliphatic heterocycles. The Morgan fingerprint density at radius 3 is 2.14 bits per heavy atom. The molecule has 1 aromatic heterocycles. The van der Waals surface area contributed by atoms with Crippen molar-refractivity contribution in [3.05, 3.63) is 59.4 Å². The molecule has 1 saturated heterocycles. The highest BCUT2D eigenvalue weighted by atomic mass is 35.5. The van der Waals surface area contributed by atoms with E-state index in [2.05, 4.69) is 30.5 Å². The average molecular weight is 421 g/mol. The van der Waals surface area contributed by atoms with E-state index in [9.17, 15) is 4.39 Å². The van der Waals surface area contributed by atoms with Gasteiger partial charge in [-0.3, -0.25) is 0 Å². The summed E-state index contributed by atoms with van der Waals surface area (Å²) in [5, 5.41) is 6.91. The minimum atomic E-state index is -0.294. The summed E-state index contributed by atoms with van der Waals surface area (Å²) in [5.74, 6) is 1.12. The zero-order chi connectivity index (χ0) is 18.6. The average Bonchev–Trinajstić information content (AvgIpc) is 3.18. The third-order valence-corrected chi connectivity index (χ3v) is 4.43. The summed E-state index contributed by atoms with van der Waals surface area (Å²) in [7, 11) is 0. The summed E-state index contributed by atoms with van der Waals surface area (Å²) in [4.78, 5) is 15.6. The van der Waals surface area contributed by atoms with Crippen LogP contribution >= 0.6 is 24.0 Å². The van der Waals surface area contributed by atoms with E-state index in [1.807, 2.05) is 12.1 Å². The third kappa shape index (κ3) is 4.99.